The molecule has 138 valence electrons. The molecular formula is C22H21O4S+. The average Bonchev–Trinajstić information content (AvgIpc) is 2.68. The molecule has 1 unspecified atom stereocenters. The van der Waals surface area contributed by atoms with Gasteiger partial charge in [-0.2, -0.15) is 8.42 Å². The molecule has 1 aliphatic carbocycles. The van der Waals surface area contributed by atoms with Gasteiger partial charge in [0.05, 0.1) is 17.2 Å². The molecule has 2 aromatic carbocycles. The molecule has 1 N–H and O–H groups in total. The fourth-order valence-corrected chi connectivity index (χ4v) is 4.60. The first kappa shape index (κ1) is 17.9. The van der Waals surface area contributed by atoms with Crippen molar-refractivity contribution in [3.63, 3.8) is 0 Å². The Morgan fingerprint density at radius 3 is 2.15 bits per heavy atom. The summed E-state index contributed by atoms with van der Waals surface area (Å²) < 4.78 is 39.2. The highest BCUT2D eigenvalue weighted by atomic mass is 32.2. The van der Waals surface area contributed by atoms with Crippen LogP contribution in [0.15, 0.2) is 71.1 Å². The van der Waals surface area contributed by atoms with E-state index >= 15 is 0 Å². The summed E-state index contributed by atoms with van der Waals surface area (Å²) in [5.74, 6) is 0.932. The van der Waals surface area contributed by atoms with Crippen LogP contribution >= 0.6 is 0 Å². The molecule has 0 amide bonds. The van der Waals surface area contributed by atoms with Crippen LogP contribution in [-0.4, -0.2) is 13.0 Å². The van der Waals surface area contributed by atoms with E-state index in [1.165, 1.54) is 0 Å². The predicted octanol–water partition coefficient (Wildman–Crippen LogP) is 5.33. The lowest BCUT2D eigenvalue weighted by Crippen LogP contribution is -2.36. The van der Waals surface area contributed by atoms with Crippen molar-refractivity contribution < 1.29 is 17.4 Å². The molecule has 1 aromatic heterocycles. The van der Waals surface area contributed by atoms with Crippen LogP contribution in [0.25, 0.3) is 22.5 Å². The van der Waals surface area contributed by atoms with E-state index in [0.717, 1.165) is 22.3 Å². The molecule has 0 saturated heterocycles. The summed E-state index contributed by atoms with van der Waals surface area (Å²) in [6.07, 6.45) is 1.71. The molecule has 3 aromatic rings. The highest BCUT2D eigenvalue weighted by molar-refractivity contribution is 7.86. The lowest BCUT2D eigenvalue weighted by molar-refractivity contribution is 0.347. The van der Waals surface area contributed by atoms with Gasteiger partial charge in [0.15, 0.2) is 0 Å². The molecule has 5 heteroatoms. The molecule has 0 saturated carbocycles. The van der Waals surface area contributed by atoms with Crippen molar-refractivity contribution in [2.24, 2.45) is 0 Å². The number of hydrogen-bond acceptors (Lipinski definition) is 2. The monoisotopic (exact) mass is 381 g/mol. The summed E-state index contributed by atoms with van der Waals surface area (Å²) in [5, 5.41) is 0. The van der Waals surface area contributed by atoms with Gasteiger partial charge in [-0.3, -0.25) is 4.55 Å². The first-order valence-corrected chi connectivity index (χ1v) is 10.4. The third-order valence-electron chi connectivity index (χ3n) is 5.36. The standard InChI is InChI=1S/C22H20O4S/c1-22(27(23,24)25)14-8-13-18-19(16-9-4-2-5-10-16)15-20(26-21(18)22)17-11-6-3-7-12-17/h2-7,9-12,15H,8,13-14H2,1H3/p+1. The van der Waals surface area contributed by atoms with Gasteiger partial charge in [0.25, 0.3) is 10.1 Å². The molecule has 0 spiro atoms. The second-order valence-corrected chi connectivity index (χ2v) is 8.97. The number of hydrogen-bond donors (Lipinski definition) is 1. The number of benzene rings is 2. The van der Waals surface area contributed by atoms with E-state index in [4.69, 9.17) is 4.42 Å². The highest BCUT2D eigenvalue weighted by Crippen LogP contribution is 2.46. The summed E-state index contributed by atoms with van der Waals surface area (Å²) in [6.45, 7) is 1.55. The Balaban J connectivity index is 2.05. The first-order valence-electron chi connectivity index (χ1n) is 8.98. The van der Waals surface area contributed by atoms with Crippen molar-refractivity contribution in [1.82, 2.24) is 0 Å². The highest BCUT2D eigenvalue weighted by Gasteiger charge is 2.53. The first-order chi connectivity index (χ1) is 12.9. The Morgan fingerprint density at radius 2 is 1.56 bits per heavy atom. The summed E-state index contributed by atoms with van der Waals surface area (Å²) in [7, 11) is -4.33. The zero-order valence-corrected chi connectivity index (χ0v) is 15.9. The number of fused-ring (bicyclic) bond motifs is 1. The molecule has 1 heterocycles. The van der Waals surface area contributed by atoms with E-state index in [2.05, 4.69) is 0 Å². The van der Waals surface area contributed by atoms with Crippen molar-refractivity contribution in [3.8, 4) is 22.5 Å². The number of rotatable bonds is 3. The van der Waals surface area contributed by atoms with E-state index < -0.39 is 14.9 Å². The molecule has 4 nitrogen and oxygen atoms in total. The van der Waals surface area contributed by atoms with Gasteiger partial charge in [0.1, 0.15) is 0 Å². The lowest BCUT2D eigenvalue weighted by Gasteiger charge is -2.26. The molecule has 1 atom stereocenters. The fourth-order valence-electron chi connectivity index (χ4n) is 3.80. The third kappa shape index (κ3) is 3.07. The van der Waals surface area contributed by atoms with Crippen LogP contribution in [0.2, 0.25) is 0 Å². The molecular weight excluding hydrogens is 360 g/mol. The molecule has 0 fully saturated rings. The van der Waals surface area contributed by atoms with Crippen LogP contribution in [0.5, 0.6) is 0 Å². The summed E-state index contributed by atoms with van der Waals surface area (Å²) in [5.41, 5.74) is 3.67. The molecule has 27 heavy (non-hydrogen) atoms. The average molecular weight is 381 g/mol. The van der Waals surface area contributed by atoms with Crippen LogP contribution < -0.4 is 0 Å². The van der Waals surface area contributed by atoms with Gasteiger partial charge in [-0.1, -0.05) is 48.5 Å². The Bertz CT molecular complexity index is 1080. The van der Waals surface area contributed by atoms with Crippen LogP contribution in [0.4, 0.5) is 0 Å². The fraction of sp³-hybridized carbons (Fsp3) is 0.227. The van der Waals surface area contributed by atoms with Gasteiger partial charge in [0, 0.05) is 5.56 Å². The second-order valence-electron chi connectivity index (χ2n) is 7.12. The van der Waals surface area contributed by atoms with Crippen molar-refractivity contribution >= 4 is 10.1 Å². The van der Waals surface area contributed by atoms with E-state index in [1.807, 2.05) is 66.7 Å². The molecule has 4 rings (SSSR count). The minimum absolute atomic E-state index is 0.328. The van der Waals surface area contributed by atoms with Gasteiger partial charge in [0.2, 0.25) is 4.75 Å². The largest absolute Gasteiger partial charge is 0.360 e. The Hall–Kier alpha value is -2.50. The summed E-state index contributed by atoms with van der Waals surface area (Å²) in [4.78, 5) is 0. The van der Waals surface area contributed by atoms with Crippen molar-refractivity contribution in [2.75, 3.05) is 0 Å². The molecule has 0 radical (unpaired) electrons. The lowest BCUT2D eigenvalue weighted by atomic mass is 9.83. The zero-order valence-electron chi connectivity index (χ0n) is 15.1. The van der Waals surface area contributed by atoms with Gasteiger partial charge in [-0.15, -0.1) is 0 Å². The molecule has 0 bridgehead atoms. The minimum Gasteiger partial charge on any atom is -0.285 e. The Morgan fingerprint density at radius 1 is 0.963 bits per heavy atom. The second kappa shape index (κ2) is 6.59. The maximum absolute atomic E-state index is 12.3. The van der Waals surface area contributed by atoms with Crippen LogP contribution in [0, 0.1) is 0 Å². The SMILES string of the molecule is CC1(S(=O)(=O)O)CCCc2c(-c3ccccc3)cc(-c3ccccc3)[o+]c21. The smallest absolute Gasteiger partial charge is 0.285 e. The van der Waals surface area contributed by atoms with Gasteiger partial charge in [-0.05, 0) is 43.9 Å². The van der Waals surface area contributed by atoms with Gasteiger partial charge in [-0.25, -0.2) is 4.42 Å². The summed E-state index contributed by atoms with van der Waals surface area (Å²) in [6, 6.07) is 21.4. The van der Waals surface area contributed by atoms with Crippen LogP contribution in [-0.2, 0) is 21.3 Å². The van der Waals surface area contributed by atoms with E-state index in [1.54, 1.807) is 6.92 Å². The maximum atomic E-state index is 12.3. The van der Waals surface area contributed by atoms with Crippen LogP contribution in [0.3, 0.4) is 0 Å². The topological polar surface area (TPSA) is 65.7 Å². The van der Waals surface area contributed by atoms with E-state index in [0.29, 0.717) is 30.8 Å². The van der Waals surface area contributed by atoms with Gasteiger partial charge >= 0.3 is 11.5 Å². The van der Waals surface area contributed by atoms with E-state index in [9.17, 15) is 13.0 Å². The Kier molecular flexibility index (Phi) is 4.36. The molecule has 0 aliphatic heterocycles. The zero-order chi connectivity index (χ0) is 19.1. The quantitative estimate of drug-likeness (QED) is 0.492. The molecule has 1 aliphatic rings. The van der Waals surface area contributed by atoms with Crippen molar-refractivity contribution in [2.45, 2.75) is 30.9 Å². The minimum atomic E-state index is -4.33. The Labute approximate surface area is 159 Å². The summed E-state index contributed by atoms with van der Waals surface area (Å²) >= 11 is 0. The third-order valence-corrected chi connectivity index (χ3v) is 6.89. The normalized spacial score (nSPS) is 19.5. The van der Waals surface area contributed by atoms with Crippen molar-refractivity contribution in [1.29, 1.82) is 0 Å². The maximum Gasteiger partial charge on any atom is 0.360 e. The van der Waals surface area contributed by atoms with E-state index in [-0.39, 0.29) is 0 Å². The predicted molar refractivity (Wildman–Crippen MR) is 106 cm³/mol. The van der Waals surface area contributed by atoms with Crippen molar-refractivity contribution in [3.05, 3.63) is 78.1 Å². The van der Waals surface area contributed by atoms with Crippen LogP contribution in [0.1, 0.15) is 31.1 Å². The van der Waals surface area contributed by atoms with Gasteiger partial charge < -0.3 is 0 Å².